The molecule has 1 aliphatic heterocycles. The molecule has 0 radical (unpaired) electrons. The van der Waals surface area contributed by atoms with E-state index >= 15 is 0 Å². The highest BCUT2D eigenvalue weighted by molar-refractivity contribution is 5.82. The Hall–Kier alpha value is -2.76. The lowest BCUT2D eigenvalue weighted by Crippen LogP contribution is -2.39. The Morgan fingerprint density at radius 2 is 1.89 bits per heavy atom. The summed E-state index contributed by atoms with van der Waals surface area (Å²) in [5.41, 5.74) is 2.28. The molecular formula is C21H23FN4O. The average molecular weight is 366 g/mol. The molecule has 1 atom stereocenters. The standard InChI is InChI=1S/C21H23FN4O/c1-21(2,3)19(27)25-12-4-5-16(25)17-10-11-23-20-24-13-18(26(17)20)14-6-8-15(22)9-7-14/h6-11,13,16H,4-5,12H2,1-3H3. The number of benzene rings is 1. The van der Waals surface area contributed by atoms with Gasteiger partial charge in [0.25, 0.3) is 0 Å². The molecule has 0 aliphatic carbocycles. The van der Waals surface area contributed by atoms with E-state index in [0.29, 0.717) is 5.78 Å². The summed E-state index contributed by atoms with van der Waals surface area (Å²) in [6.45, 7) is 6.61. The molecule has 5 nitrogen and oxygen atoms in total. The molecule has 4 rings (SSSR count). The van der Waals surface area contributed by atoms with Crippen molar-refractivity contribution in [2.45, 2.75) is 39.7 Å². The minimum atomic E-state index is -0.427. The first-order valence-electron chi connectivity index (χ1n) is 9.25. The Balaban J connectivity index is 1.83. The smallest absolute Gasteiger partial charge is 0.234 e. The first-order chi connectivity index (χ1) is 12.9. The van der Waals surface area contributed by atoms with Crippen molar-refractivity contribution in [2.24, 2.45) is 5.41 Å². The van der Waals surface area contributed by atoms with Gasteiger partial charge in [-0.1, -0.05) is 20.8 Å². The summed E-state index contributed by atoms with van der Waals surface area (Å²) in [4.78, 5) is 23.7. The van der Waals surface area contributed by atoms with Crippen molar-refractivity contribution in [3.8, 4) is 11.3 Å². The van der Waals surface area contributed by atoms with Crippen LogP contribution in [0.4, 0.5) is 4.39 Å². The van der Waals surface area contributed by atoms with Gasteiger partial charge in [-0.25, -0.2) is 14.4 Å². The molecule has 0 bridgehead atoms. The summed E-state index contributed by atoms with van der Waals surface area (Å²) in [6, 6.07) is 8.30. The van der Waals surface area contributed by atoms with Crippen LogP contribution in [0.1, 0.15) is 45.3 Å². The van der Waals surface area contributed by atoms with Crippen molar-refractivity contribution in [1.82, 2.24) is 19.3 Å². The molecule has 1 unspecified atom stereocenters. The minimum Gasteiger partial charge on any atom is -0.334 e. The summed E-state index contributed by atoms with van der Waals surface area (Å²) in [6.07, 6.45) is 5.37. The summed E-state index contributed by atoms with van der Waals surface area (Å²) in [5, 5.41) is 0. The van der Waals surface area contributed by atoms with Crippen molar-refractivity contribution >= 4 is 11.7 Å². The zero-order chi connectivity index (χ0) is 19.2. The van der Waals surface area contributed by atoms with Gasteiger partial charge < -0.3 is 4.90 Å². The molecule has 0 saturated carbocycles. The zero-order valence-electron chi connectivity index (χ0n) is 15.8. The van der Waals surface area contributed by atoms with E-state index in [4.69, 9.17) is 0 Å². The Kier molecular flexibility index (Phi) is 4.21. The lowest BCUT2D eigenvalue weighted by molar-refractivity contribution is -0.140. The molecule has 3 heterocycles. The van der Waals surface area contributed by atoms with Gasteiger partial charge in [0.1, 0.15) is 5.82 Å². The van der Waals surface area contributed by atoms with Gasteiger partial charge >= 0.3 is 0 Å². The van der Waals surface area contributed by atoms with Crippen LogP contribution in [0.2, 0.25) is 0 Å². The lowest BCUT2D eigenvalue weighted by atomic mass is 9.94. The maximum absolute atomic E-state index is 13.3. The number of aromatic nitrogens is 3. The van der Waals surface area contributed by atoms with Crippen LogP contribution in [-0.2, 0) is 4.79 Å². The van der Waals surface area contributed by atoms with Crippen molar-refractivity contribution in [3.05, 3.63) is 54.2 Å². The maximum Gasteiger partial charge on any atom is 0.234 e. The number of rotatable bonds is 2. The highest BCUT2D eigenvalue weighted by Crippen LogP contribution is 2.36. The largest absolute Gasteiger partial charge is 0.334 e. The van der Waals surface area contributed by atoms with Gasteiger partial charge in [-0.05, 0) is 43.2 Å². The highest BCUT2D eigenvalue weighted by Gasteiger charge is 2.37. The van der Waals surface area contributed by atoms with E-state index in [0.717, 1.165) is 36.3 Å². The molecule has 0 spiro atoms. The number of carbonyl (C=O) groups excluding carboxylic acids is 1. The quantitative estimate of drug-likeness (QED) is 0.681. The second-order valence-electron chi connectivity index (χ2n) is 8.06. The molecule has 2 aromatic heterocycles. The molecular weight excluding hydrogens is 343 g/mol. The first-order valence-corrected chi connectivity index (χ1v) is 9.25. The van der Waals surface area contributed by atoms with Crippen LogP contribution in [-0.4, -0.2) is 31.7 Å². The molecule has 3 aromatic rings. The maximum atomic E-state index is 13.3. The third kappa shape index (κ3) is 3.09. The van der Waals surface area contributed by atoms with Gasteiger partial charge in [0.15, 0.2) is 0 Å². The number of likely N-dealkylation sites (tertiary alicyclic amines) is 1. The number of hydrogen-bond donors (Lipinski definition) is 0. The monoisotopic (exact) mass is 366 g/mol. The van der Waals surface area contributed by atoms with Gasteiger partial charge in [0.05, 0.1) is 23.6 Å². The summed E-state index contributed by atoms with van der Waals surface area (Å²) in [7, 11) is 0. The SMILES string of the molecule is CC(C)(C)C(=O)N1CCCC1c1ccnc2ncc(-c3ccc(F)cc3)n12. The molecule has 1 fully saturated rings. The Morgan fingerprint density at radius 3 is 2.59 bits per heavy atom. The molecule has 6 heteroatoms. The van der Waals surface area contributed by atoms with Crippen molar-refractivity contribution in [3.63, 3.8) is 0 Å². The number of hydrogen-bond acceptors (Lipinski definition) is 3. The van der Waals surface area contributed by atoms with E-state index in [2.05, 4.69) is 9.97 Å². The summed E-state index contributed by atoms with van der Waals surface area (Å²) >= 11 is 0. The van der Waals surface area contributed by atoms with Gasteiger partial charge in [-0.2, -0.15) is 0 Å². The second-order valence-corrected chi connectivity index (χ2v) is 8.06. The van der Waals surface area contributed by atoms with Crippen LogP contribution >= 0.6 is 0 Å². The van der Waals surface area contributed by atoms with Crippen molar-refractivity contribution in [1.29, 1.82) is 0 Å². The van der Waals surface area contributed by atoms with E-state index in [1.807, 2.05) is 36.1 Å². The molecule has 140 valence electrons. The van der Waals surface area contributed by atoms with E-state index in [9.17, 15) is 9.18 Å². The second kappa shape index (κ2) is 6.44. The van der Waals surface area contributed by atoms with Gasteiger partial charge in [-0.3, -0.25) is 9.20 Å². The number of fused-ring (bicyclic) bond motifs is 1. The molecule has 1 amide bonds. The van der Waals surface area contributed by atoms with Gasteiger partial charge in [0, 0.05) is 23.7 Å². The number of nitrogens with zero attached hydrogens (tertiary/aromatic N) is 4. The Bertz CT molecular complexity index is 988. The Labute approximate surface area is 157 Å². The highest BCUT2D eigenvalue weighted by atomic mass is 19.1. The van der Waals surface area contributed by atoms with Crippen LogP contribution in [0.25, 0.3) is 17.0 Å². The number of carbonyl (C=O) groups is 1. The fraction of sp³-hybridized carbons (Fsp3) is 0.381. The van der Waals surface area contributed by atoms with Crippen LogP contribution < -0.4 is 0 Å². The van der Waals surface area contributed by atoms with Crippen LogP contribution in [0.5, 0.6) is 0 Å². The van der Waals surface area contributed by atoms with Gasteiger partial charge in [0.2, 0.25) is 11.7 Å². The predicted molar refractivity (Wildman–Crippen MR) is 102 cm³/mol. The van der Waals surface area contributed by atoms with E-state index < -0.39 is 5.41 Å². The minimum absolute atomic E-state index is 0.0179. The molecule has 27 heavy (non-hydrogen) atoms. The number of imidazole rings is 1. The van der Waals surface area contributed by atoms with E-state index in [-0.39, 0.29) is 17.8 Å². The van der Waals surface area contributed by atoms with Crippen molar-refractivity contribution < 1.29 is 9.18 Å². The topological polar surface area (TPSA) is 50.5 Å². The normalized spacial score (nSPS) is 17.6. The fourth-order valence-corrected chi connectivity index (χ4v) is 3.78. The van der Waals surface area contributed by atoms with Crippen LogP contribution in [0.3, 0.4) is 0 Å². The van der Waals surface area contributed by atoms with Crippen LogP contribution in [0.15, 0.2) is 42.7 Å². The summed E-state index contributed by atoms with van der Waals surface area (Å²) < 4.78 is 15.3. The number of amides is 1. The zero-order valence-corrected chi connectivity index (χ0v) is 15.8. The summed E-state index contributed by atoms with van der Waals surface area (Å²) in [5.74, 6) is 0.462. The van der Waals surface area contributed by atoms with E-state index in [1.165, 1.54) is 12.1 Å². The lowest BCUT2D eigenvalue weighted by Gasteiger charge is -2.31. The Morgan fingerprint density at radius 1 is 1.15 bits per heavy atom. The van der Waals surface area contributed by atoms with Crippen LogP contribution in [0, 0.1) is 11.2 Å². The molecule has 1 aliphatic rings. The molecule has 1 saturated heterocycles. The van der Waals surface area contributed by atoms with Crippen molar-refractivity contribution in [2.75, 3.05) is 6.54 Å². The fourth-order valence-electron chi connectivity index (χ4n) is 3.78. The third-order valence-electron chi connectivity index (χ3n) is 5.07. The third-order valence-corrected chi connectivity index (χ3v) is 5.07. The molecule has 1 aromatic carbocycles. The van der Waals surface area contributed by atoms with Gasteiger partial charge in [-0.15, -0.1) is 0 Å². The molecule has 0 N–H and O–H groups in total. The van der Waals surface area contributed by atoms with E-state index in [1.54, 1.807) is 24.5 Å². The predicted octanol–water partition coefficient (Wildman–Crippen LogP) is 4.25. The number of halogens is 1. The first kappa shape index (κ1) is 17.6. The average Bonchev–Trinajstić information content (AvgIpc) is 3.28.